The molecule has 23 heavy (non-hydrogen) atoms. The van der Waals surface area contributed by atoms with Crippen molar-refractivity contribution in [3.63, 3.8) is 0 Å². The molecule has 0 radical (unpaired) electrons. The molecule has 1 fully saturated rings. The number of nitrogens with zero attached hydrogens (tertiary/aromatic N) is 1. The zero-order valence-corrected chi connectivity index (χ0v) is 13.5. The molecule has 2 amide bonds. The van der Waals surface area contributed by atoms with Crippen LogP contribution in [0.4, 0.5) is 5.69 Å². The zero-order chi connectivity index (χ0) is 16.2. The molecule has 1 aromatic heterocycles. The Balaban J connectivity index is 1.55. The Morgan fingerprint density at radius 3 is 2.57 bits per heavy atom. The molecule has 1 aliphatic rings. The summed E-state index contributed by atoms with van der Waals surface area (Å²) in [6, 6.07) is 9.05. The van der Waals surface area contributed by atoms with Crippen LogP contribution in [0, 0.1) is 0 Å². The van der Waals surface area contributed by atoms with Crippen LogP contribution in [0.2, 0.25) is 0 Å². The summed E-state index contributed by atoms with van der Waals surface area (Å²) in [4.78, 5) is 26.4. The predicted molar refractivity (Wildman–Crippen MR) is 91.6 cm³/mol. The molecule has 1 aromatic carbocycles. The summed E-state index contributed by atoms with van der Waals surface area (Å²) in [5, 5.41) is 6.77. The van der Waals surface area contributed by atoms with E-state index in [0.29, 0.717) is 29.9 Å². The van der Waals surface area contributed by atoms with E-state index in [1.165, 1.54) is 11.3 Å². The van der Waals surface area contributed by atoms with Crippen LogP contribution in [-0.2, 0) is 0 Å². The molecule has 6 heteroatoms. The summed E-state index contributed by atoms with van der Waals surface area (Å²) in [5.41, 5.74) is 7.63. The quantitative estimate of drug-likeness (QED) is 0.849. The molecule has 1 saturated heterocycles. The highest BCUT2D eigenvalue weighted by Gasteiger charge is 2.25. The maximum Gasteiger partial charge on any atom is 0.255 e. The second-order valence-corrected chi connectivity index (χ2v) is 6.42. The van der Waals surface area contributed by atoms with Gasteiger partial charge in [-0.15, -0.1) is 0 Å². The van der Waals surface area contributed by atoms with E-state index in [2.05, 4.69) is 5.32 Å². The van der Waals surface area contributed by atoms with Gasteiger partial charge in [-0.25, -0.2) is 0 Å². The average molecular weight is 329 g/mol. The average Bonchev–Trinajstić information content (AvgIpc) is 3.10. The number of likely N-dealkylation sites (tertiary alicyclic amines) is 1. The molecular formula is C17H19N3O2S. The highest BCUT2D eigenvalue weighted by atomic mass is 32.1. The van der Waals surface area contributed by atoms with Crippen molar-refractivity contribution in [1.29, 1.82) is 0 Å². The number of hydrogen-bond donors (Lipinski definition) is 2. The van der Waals surface area contributed by atoms with E-state index in [0.717, 1.165) is 12.8 Å². The number of nitrogens with two attached hydrogens (primary N) is 1. The third-order valence-electron chi connectivity index (χ3n) is 4.09. The van der Waals surface area contributed by atoms with Crippen molar-refractivity contribution in [2.75, 3.05) is 18.8 Å². The lowest BCUT2D eigenvalue weighted by Gasteiger charge is -2.32. The van der Waals surface area contributed by atoms with Gasteiger partial charge in [-0.2, -0.15) is 11.3 Å². The van der Waals surface area contributed by atoms with E-state index in [-0.39, 0.29) is 17.9 Å². The normalized spacial score (nSPS) is 15.4. The minimum absolute atomic E-state index is 0.0364. The lowest BCUT2D eigenvalue weighted by molar-refractivity contribution is 0.0699. The summed E-state index contributed by atoms with van der Waals surface area (Å²) in [7, 11) is 0. The van der Waals surface area contributed by atoms with Crippen molar-refractivity contribution in [1.82, 2.24) is 10.2 Å². The standard InChI is InChI=1S/C17H19N3O2S/c18-15-4-2-1-3-14(15)17(22)20-8-5-13(6-9-20)19-16(21)12-7-10-23-11-12/h1-4,7,10-11,13H,5-6,8-9,18H2,(H,19,21). The molecule has 2 heterocycles. The number of anilines is 1. The molecule has 120 valence electrons. The number of carbonyl (C=O) groups excluding carboxylic acids is 2. The summed E-state index contributed by atoms with van der Waals surface area (Å²) in [5.74, 6) is -0.0750. The fourth-order valence-corrected chi connectivity index (χ4v) is 3.39. The highest BCUT2D eigenvalue weighted by Crippen LogP contribution is 2.18. The van der Waals surface area contributed by atoms with E-state index >= 15 is 0 Å². The first-order valence-corrected chi connectivity index (χ1v) is 8.56. The second-order valence-electron chi connectivity index (χ2n) is 5.64. The molecule has 0 bridgehead atoms. The highest BCUT2D eigenvalue weighted by molar-refractivity contribution is 7.08. The summed E-state index contributed by atoms with van der Waals surface area (Å²) < 4.78 is 0. The fraction of sp³-hybridized carbons (Fsp3) is 0.294. The van der Waals surface area contributed by atoms with Crippen molar-refractivity contribution in [2.24, 2.45) is 0 Å². The first-order chi connectivity index (χ1) is 11.1. The number of rotatable bonds is 3. The Labute approximate surface area is 139 Å². The second kappa shape index (κ2) is 6.83. The number of amides is 2. The van der Waals surface area contributed by atoms with Gasteiger partial charge in [-0.1, -0.05) is 12.1 Å². The summed E-state index contributed by atoms with van der Waals surface area (Å²) in [6.07, 6.45) is 1.52. The number of piperidine rings is 1. The number of nitrogens with one attached hydrogen (secondary N) is 1. The van der Waals surface area contributed by atoms with Crippen LogP contribution in [0.15, 0.2) is 41.1 Å². The molecule has 0 unspecified atom stereocenters. The van der Waals surface area contributed by atoms with E-state index in [9.17, 15) is 9.59 Å². The molecule has 0 aliphatic carbocycles. The predicted octanol–water partition coefficient (Wildman–Crippen LogP) is 2.36. The van der Waals surface area contributed by atoms with Crippen LogP contribution in [-0.4, -0.2) is 35.8 Å². The molecule has 0 spiro atoms. The number of nitrogen functional groups attached to an aromatic ring is 1. The van der Waals surface area contributed by atoms with Crippen molar-refractivity contribution in [3.8, 4) is 0 Å². The summed E-state index contributed by atoms with van der Waals surface area (Å²) >= 11 is 1.51. The lowest BCUT2D eigenvalue weighted by atomic mass is 10.0. The first-order valence-electron chi connectivity index (χ1n) is 7.62. The number of para-hydroxylation sites is 1. The monoisotopic (exact) mass is 329 g/mol. The number of hydrogen-bond acceptors (Lipinski definition) is 4. The van der Waals surface area contributed by atoms with E-state index in [1.54, 1.807) is 17.0 Å². The third-order valence-corrected chi connectivity index (χ3v) is 4.78. The molecule has 3 N–H and O–H groups in total. The van der Waals surface area contributed by atoms with Crippen LogP contribution in [0.5, 0.6) is 0 Å². The SMILES string of the molecule is Nc1ccccc1C(=O)N1CCC(NC(=O)c2ccsc2)CC1. The minimum atomic E-state index is -0.0386. The van der Waals surface area contributed by atoms with E-state index < -0.39 is 0 Å². The van der Waals surface area contributed by atoms with Crippen molar-refractivity contribution in [3.05, 3.63) is 52.2 Å². The van der Waals surface area contributed by atoms with Crippen molar-refractivity contribution < 1.29 is 9.59 Å². The molecule has 1 aliphatic heterocycles. The number of carbonyl (C=O) groups is 2. The van der Waals surface area contributed by atoms with Crippen LogP contribution in [0.1, 0.15) is 33.6 Å². The Hall–Kier alpha value is -2.34. The van der Waals surface area contributed by atoms with Gasteiger partial charge in [0.05, 0.1) is 5.56 Å². The van der Waals surface area contributed by atoms with Crippen LogP contribution < -0.4 is 11.1 Å². The fourth-order valence-electron chi connectivity index (χ4n) is 2.75. The van der Waals surface area contributed by atoms with Crippen LogP contribution in [0.25, 0.3) is 0 Å². The zero-order valence-electron chi connectivity index (χ0n) is 12.7. The van der Waals surface area contributed by atoms with Gasteiger partial charge in [0.25, 0.3) is 11.8 Å². The molecular weight excluding hydrogens is 310 g/mol. The van der Waals surface area contributed by atoms with Gasteiger partial charge in [0.2, 0.25) is 0 Å². The molecule has 3 rings (SSSR count). The smallest absolute Gasteiger partial charge is 0.255 e. The van der Waals surface area contributed by atoms with Gasteiger partial charge in [0.1, 0.15) is 0 Å². The van der Waals surface area contributed by atoms with Gasteiger partial charge in [0.15, 0.2) is 0 Å². The number of thiophene rings is 1. The minimum Gasteiger partial charge on any atom is -0.398 e. The Kier molecular flexibility index (Phi) is 4.62. The van der Waals surface area contributed by atoms with E-state index in [4.69, 9.17) is 5.73 Å². The van der Waals surface area contributed by atoms with Crippen molar-refractivity contribution in [2.45, 2.75) is 18.9 Å². The van der Waals surface area contributed by atoms with Gasteiger partial charge < -0.3 is 16.0 Å². The van der Waals surface area contributed by atoms with Gasteiger partial charge in [0, 0.05) is 35.8 Å². The summed E-state index contributed by atoms with van der Waals surface area (Å²) in [6.45, 7) is 1.25. The van der Waals surface area contributed by atoms with Crippen molar-refractivity contribution >= 4 is 28.8 Å². The van der Waals surface area contributed by atoms with Gasteiger partial charge >= 0.3 is 0 Å². The Bertz CT molecular complexity index is 692. The maximum atomic E-state index is 12.5. The van der Waals surface area contributed by atoms with E-state index in [1.807, 2.05) is 29.0 Å². The molecule has 2 aromatic rings. The number of benzene rings is 1. The van der Waals surface area contributed by atoms with Gasteiger partial charge in [-0.05, 0) is 36.4 Å². The van der Waals surface area contributed by atoms with Gasteiger partial charge in [-0.3, -0.25) is 9.59 Å². The first kappa shape index (κ1) is 15.6. The Morgan fingerprint density at radius 2 is 1.91 bits per heavy atom. The largest absolute Gasteiger partial charge is 0.398 e. The molecule has 5 nitrogen and oxygen atoms in total. The van der Waals surface area contributed by atoms with Crippen LogP contribution >= 0.6 is 11.3 Å². The molecule has 0 atom stereocenters. The Morgan fingerprint density at radius 1 is 1.17 bits per heavy atom. The lowest BCUT2D eigenvalue weighted by Crippen LogP contribution is -2.46. The molecule has 0 saturated carbocycles. The van der Waals surface area contributed by atoms with Crippen LogP contribution in [0.3, 0.4) is 0 Å². The topological polar surface area (TPSA) is 75.4 Å². The third kappa shape index (κ3) is 3.53. The maximum absolute atomic E-state index is 12.5.